The van der Waals surface area contributed by atoms with E-state index in [1.807, 2.05) is 0 Å². The third-order valence-corrected chi connectivity index (χ3v) is 6.97. The van der Waals surface area contributed by atoms with E-state index in [1.165, 1.54) is 148 Å². The summed E-state index contributed by atoms with van der Waals surface area (Å²) >= 11 is 0. The van der Waals surface area contributed by atoms with Gasteiger partial charge in [0.1, 0.15) is 0 Å². The summed E-state index contributed by atoms with van der Waals surface area (Å²) in [7, 11) is 0. The summed E-state index contributed by atoms with van der Waals surface area (Å²) < 4.78 is 5.70. The Morgan fingerprint density at radius 2 is 0.697 bits per heavy atom. The monoisotopic (exact) mass is 469 g/mol. The third-order valence-electron chi connectivity index (χ3n) is 6.97. The molecule has 0 spiro atoms. The zero-order valence-electron chi connectivity index (χ0n) is 23.7. The van der Waals surface area contributed by atoms with E-state index in [0.29, 0.717) is 0 Å². The minimum absolute atomic E-state index is 0.840. The zero-order valence-corrected chi connectivity index (χ0v) is 23.7. The predicted molar refractivity (Wildman–Crippen MR) is 150 cm³/mol. The van der Waals surface area contributed by atoms with Gasteiger partial charge in [-0.3, -0.25) is 4.90 Å². The van der Waals surface area contributed by atoms with Crippen molar-refractivity contribution in [2.75, 3.05) is 52.5 Å². The number of hydrogen-bond acceptors (Lipinski definition) is 3. The molecule has 0 radical (unpaired) electrons. The van der Waals surface area contributed by atoms with Crippen LogP contribution >= 0.6 is 0 Å². The van der Waals surface area contributed by atoms with E-state index < -0.39 is 0 Å². The van der Waals surface area contributed by atoms with Crippen LogP contribution in [0.1, 0.15) is 143 Å². The second-order valence-electron chi connectivity index (χ2n) is 10.2. The Balaban J connectivity index is 4.39. The van der Waals surface area contributed by atoms with Gasteiger partial charge in [0.05, 0.1) is 6.61 Å². The van der Waals surface area contributed by atoms with Gasteiger partial charge in [0.25, 0.3) is 0 Å². The molecule has 0 aromatic carbocycles. The lowest BCUT2D eigenvalue weighted by Gasteiger charge is -2.28. The van der Waals surface area contributed by atoms with Gasteiger partial charge in [-0.2, -0.15) is 0 Å². The molecule has 33 heavy (non-hydrogen) atoms. The molecule has 0 aromatic heterocycles. The van der Waals surface area contributed by atoms with Crippen LogP contribution in [0.4, 0.5) is 0 Å². The molecule has 0 N–H and O–H groups in total. The standard InChI is InChI=1S/C30H64N2O/c1-5-9-12-15-18-21-24-31(25-22-19-16-13-10-6-2)27-28-32(29-30-33-8-4)26-23-20-17-14-11-7-3/h5-30H2,1-4H3. The molecule has 0 saturated carbocycles. The van der Waals surface area contributed by atoms with E-state index in [0.717, 1.165) is 19.8 Å². The minimum Gasteiger partial charge on any atom is -0.380 e. The summed E-state index contributed by atoms with van der Waals surface area (Å²) in [4.78, 5) is 5.47. The van der Waals surface area contributed by atoms with Crippen molar-refractivity contribution in [1.82, 2.24) is 9.80 Å². The number of ether oxygens (including phenoxy) is 1. The summed E-state index contributed by atoms with van der Waals surface area (Å²) in [5, 5.41) is 0. The quantitative estimate of drug-likeness (QED) is 0.107. The minimum atomic E-state index is 0.840. The molecule has 0 rings (SSSR count). The van der Waals surface area contributed by atoms with Crippen LogP contribution in [0.5, 0.6) is 0 Å². The Morgan fingerprint density at radius 3 is 1.06 bits per heavy atom. The van der Waals surface area contributed by atoms with Gasteiger partial charge in [0, 0.05) is 26.2 Å². The van der Waals surface area contributed by atoms with Gasteiger partial charge < -0.3 is 9.64 Å². The first-order valence-electron chi connectivity index (χ1n) is 15.3. The molecule has 3 nitrogen and oxygen atoms in total. The molecule has 0 heterocycles. The molecule has 0 aromatic rings. The van der Waals surface area contributed by atoms with Crippen molar-refractivity contribution in [2.45, 2.75) is 143 Å². The van der Waals surface area contributed by atoms with Crippen molar-refractivity contribution in [3.05, 3.63) is 0 Å². The molecule has 200 valence electrons. The highest BCUT2D eigenvalue weighted by Gasteiger charge is 2.10. The van der Waals surface area contributed by atoms with Crippen molar-refractivity contribution in [3.8, 4) is 0 Å². The summed E-state index contributed by atoms with van der Waals surface area (Å²) in [6.45, 7) is 18.2. The number of hydrogen-bond donors (Lipinski definition) is 0. The van der Waals surface area contributed by atoms with E-state index in [9.17, 15) is 0 Å². The van der Waals surface area contributed by atoms with Gasteiger partial charge in [0.15, 0.2) is 0 Å². The van der Waals surface area contributed by atoms with Crippen LogP contribution in [0, 0.1) is 0 Å². The normalized spacial score (nSPS) is 11.8. The molecular weight excluding hydrogens is 404 g/mol. The fourth-order valence-corrected chi connectivity index (χ4v) is 4.64. The van der Waals surface area contributed by atoms with Crippen LogP contribution in [0.2, 0.25) is 0 Å². The first-order valence-corrected chi connectivity index (χ1v) is 15.3. The molecule has 3 heteroatoms. The van der Waals surface area contributed by atoms with Crippen LogP contribution in [0.25, 0.3) is 0 Å². The van der Waals surface area contributed by atoms with Crippen LogP contribution in [0.3, 0.4) is 0 Å². The van der Waals surface area contributed by atoms with Gasteiger partial charge in [-0.05, 0) is 45.8 Å². The van der Waals surface area contributed by atoms with Gasteiger partial charge in [-0.25, -0.2) is 0 Å². The number of nitrogens with zero attached hydrogens (tertiary/aromatic N) is 2. The molecule has 0 bridgehead atoms. The van der Waals surface area contributed by atoms with E-state index in [-0.39, 0.29) is 0 Å². The number of unbranched alkanes of at least 4 members (excludes halogenated alkanes) is 15. The highest BCUT2D eigenvalue weighted by molar-refractivity contribution is 4.65. The molecule has 0 unspecified atom stereocenters. The van der Waals surface area contributed by atoms with E-state index in [4.69, 9.17) is 4.74 Å². The Hall–Kier alpha value is -0.120. The lowest BCUT2D eigenvalue weighted by Crippen LogP contribution is -2.38. The molecule has 0 amide bonds. The summed E-state index contributed by atoms with van der Waals surface area (Å²) in [5.41, 5.74) is 0. The molecule has 0 aliphatic rings. The Kier molecular flexibility index (Phi) is 28.0. The Bertz CT molecular complexity index is 334. The molecule has 0 aliphatic heterocycles. The van der Waals surface area contributed by atoms with Crippen molar-refractivity contribution >= 4 is 0 Å². The zero-order chi connectivity index (χ0) is 24.2. The van der Waals surface area contributed by atoms with Crippen LogP contribution in [-0.2, 0) is 4.74 Å². The molecule has 0 saturated heterocycles. The van der Waals surface area contributed by atoms with Crippen molar-refractivity contribution in [2.24, 2.45) is 0 Å². The Labute approximate surface area is 210 Å². The van der Waals surface area contributed by atoms with Gasteiger partial charge in [-0.15, -0.1) is 0 Å². The molecular formula is C30H64N2O. The SMILES string of the molecule is CCCCCCCCN(CCCCCCCC)CCN(CCCCCCCC)CCOCC. The first-order chi connectivity index (χ1) is 16.3. The average Bonchev–Trinajstić information content (AvgIpc) is 2.82. The summed E-state index contributed by atoms with van der Waals surface area (Å²) in [6.07, 6.45) is 25.1. The van der Waals surface area contributed by atoms with Crippen LogP contribution in [-0.4, -0.2) is 62.3 Å². The summed E-state index contributed by atoms with van der Waals surface area (Å²) in [5.74, 6) is 0. The smallest absolute Gasteiger partial charge is 0.0593 e. The van der Waals surface area contributed by atoms with Crippen LogP contribution in [0.15, 0.2) is 0 Å². The van der Waals surface area contributed by atoms with E-state index >= 15 is 0 Å². The van der Waals surface area contributed by atoms with Crippen molar-refractivity contribution in [1.29, 1.82) is 0 Å². The topological polar surface area (TPSA) is 15.7 Å². The highest BCUT2D eigenvalue weighted by atomic mass is 16.5. The fourth-order valence-electron chi connectivity index (χ4n) is 4.64. The first kappa shape index (κ1) is 32.9. The lowest BCUT2D eigenvalue weighted by molar-refractivity contribution is 0.105. The van der Waals surface area contributed by atoms with E-state index in [2.05, 4.69) is 37.5 Å². The maximum absolute atomic E-state index is 5.70. The second-order valence-corrected chi connectivity index (χ2v) is 10.2. The maximum atomic E-state index is 5.70. The fraction of sp³-hybridized carbons (Fsp3) is 1.00. The molecule has 0 aliphatic carbocycles. The third kappa shape index (κ3) is 24.8. The second kappa shape index (κ2) is 28.1. The number of rotatable bonds is 28. The predicted octanol–water partition coefficient (Wildman–Crippen LogP) is 8.71. The Morgan fingerprint density at radius 1 is 0.364 bits per heavy atom. The van der Waals surface area contributed by atoms with Crippen LogP contribution < -0.4 is 0 Å². The van der Waals surface area contributed by atoms with Gasteiger partial charge >= 0.3 is 0 Å². The summed E-state index contributed by atoms with van der Waals surface area (Å²) in [6, 6.07) is 0. The largest absolute Gasteiger partial charge is 0.380 e. The van der Waals surface area contributed by atoms with Crippen molar-refractivity contribution in [3.63, 3.8) is 0 Å². The van der Waals surface area contributed by atoms with E-state index in [1.54, 1.807) is 0 Å². The highest BCUT2D eigenvalue weighted by Crippen LogP contribution is 2.10. The maximum Gasteiger partial charge on any atom is 0.0593 e. The van der Waals surface area contributed by atoms with Crippen molar-refractivity contribution < 1.29 is 4.74 Å². The lowest BCUT2D eigenvalue weighted by atomic mass is 10.1. The van der Waals surface area contributed by atoms with Gasteiger partial charge in [0.2, 0.25) is 0 Å². The molecule has 0 fully saturated rings. The average molecular weight is 469 g/mol. The van der Waals surface area contributed by atoms with Gasteiger partial charge in [-0.1, -0.05) is 117 Å². The molecule has 0 atom stereocenters.